The van der Waals surface area contributed by atoms with Crippen LogP contribution in [0.15, 0.2) is 22.7 Å². The minimum atomic E-state index is -0.342. The number of aliphatic hydroxyl groups is 1. The summed E-state index contributed by atoms with van der Waals surface area (Å²) in [6.07, 6.45) is 0. The first kappa shape index (κ1) is 13.0. The van der Waals surface area contributed by atoms with Gasteiger partial charge >= 0.3 is 0 Å². The molecular weight excluding hydrogens is 274 g/mol. The minimum absolute atomic E-state index is 0.00143. The Kier molecular flexibility index (Phi) is 4.76. The summed E-state index contributed by atoms with van der Waals surface area (Å²) >= 11 is 3.19. The average molecular weight is 288 g/mol. The summed E-state index contributed by atoms with van der Waals surface area (Å²) in [5.74, 6) is -0.407. The van der Waals surface area contributed by atoms with E-state index in [2.05, 4.69) is 21.2 Å². The first-order valence-corrected chi connectivity index (χ1v) is 5.71. The maximum absolute atomic E-state index is 11.6. The summed E-state index contributed by atoms with van der Waals surface area (Å²) in [7, 11) is 0. The average Bonchev–Trinajstić information content (AvgIpc) is 2.25. The van der Waals surface area contributed by atoms with E-state index in [9.17, 15) is 9.90 Å². The van der Waals surface area contributed by atoms with Crippen molar-refractivity contribution in [2.45, 2.75) is 6.92 Å². The predicted octanol–water partition coefficient (Wildman–Crippen LogP) is 1.51. The normalized spacial score (nSPS) is 12.2. The van der Waals surface area contributed by atoms with Crippen LogP contribution in [-0.4, -0.2) is 29.3 Å². The van der Waals surface area contributed by atoms with Crippen molar-refractivity contribution in [1.82, 2.24) is 5.32 Å². The van der Waals surface area contributed by atoms with Gasteiger partial charge in [0, 0.05) is 17.6 Å². The number of hydrogen-bond donors (Lipinski definition) is 3. The van der Waals surface area contributed by atoms with E-state index >= 15 is 0 Å². The van der Waals surface area contributed by atoms with Gasteiger partial charge in [0.1, 0.15) is 5.75 Å². The summed E-state index contributed by atoms with van der Waals surface area (Å²) in [4.78, 5) is 11.6. The number of benzene rings is 1. The third-order valence-corrected chi connectivity index (χ3v) is 2.62. The second kappa shape index (κ2) is 5.86. The summed E-state index contributed by atoms with van der Waals surface area (Å²) in [5.41, 5.74) is 0.230. The van der Waals surface area contributed by atoms with Gasteiger partial charge in [-0.15, -0.1) is 0 Å². The fourth-order valence-corrected chi connectivity index (χ4v) is 1.47. The molecule has 88 valence electrons. The number of nitrogens with one attached hydrogen (secondary N) is 1. The molecule has 0 aliphatic heterocycles. The lowest BCUT2D eigenvalue weighted by Gasteiger charge is -2.10. The lowest BCUT2D eigenvalue weighted by atomic mass is 10.1. The molecule has 1 amide bonds. The molecular formula is C11H14BrNO3. The number of aliphatic hydroxyl groups excluding tert-OH is 1. The van der Waals surface area contributed by atoms with Crippen molar-refractivity contribution in [2.24, 2.45) is 5.92 Å². The van der Waals surface area contributed by atoms with Gasteiger partial charge in [-0.3, -0.25) is 4.79 Å². The number of carbonyl (C=O) groups is 1. The van der Waals surface area contributed by atoms with E-state index in [0.717, 1.165) is 0 Å². The largest absolute Gasteiger partial charge is 0.507 e. The van der Waals surface area contributed by atoms with Crippen LogP contribution in [0.1, 0.15) is 17.3 Å². The quantitative estimate of drug-likeness (QED) is 0.786. The van der Waals surface area contributed by atoms with Crippen molar-refractivity contribution in [1.29, 1.82) is 0 Å². The fraction of sp³-hybridized carbons (Fsp3) is 0.364. The van der Waals surface area contributed by atoms with Crippen LogP contribution in [-0.2, 0) is 0 Å². The first-order chi connectivity index (χ1) is 7.54. The fourth-order valence-electron chi connectivity index (χ4n) is 1.12. The number of hydrogen-bond acceptors (Lipinski definition) is 3. The molecule has 3 N–H and O–H groups in total. The molecule has 0 saturated heterocycles. The molecule has 0 aliphatic carbocycles. The van der Waals surface area contributed by atoms with E-state index in [0.29, 0.717) is 11.0 Å². The van der Waals surface area contributed by atoms with Crippen molar-refractivity contribution in [3.8, 4) is 5.75 Å². The van der Waals surface area contributed by atoms with Crippen LogP contribution in [0, 0.1) is 5.92 Å². The Morgan fingerprint density at radius 1 is 1.56 bits per heavy atom. The molecule has 1 rings (SSSR count). The number of halogens is 1. The van der Waals surface area contributed by atoms with Crippen molar-refractivity contribution in [3.05, 3.63) is 28.2 Å². The van der Waals surface area contributed by atoms with Crippen molar-refractivity contribution in [2.75, 3.05) is 13.2 Å². The van der Waals surface area contributed by atoms with Crippen LogP contribution in [0.4, 0.5) is 0 Å². The molecule has 4 nitrogen and oxygen atoms in total. The van der Waals surface area contributed by atoms with Gasteiger partial charge in [-0.1, -0.05) is 22.9 Å². The molecule has 1 unspecified atom stereocenters. The van der Waals surface area contributed by atoms with Gasteiger partial charge in [0.05, 0.1) is 5.56 Å². The van der Waals surface area contributed by atoms with Gasteiger partial charge in [-0.25, -0.2) is 0 Å². The topological polar surface area (TPSA) is 69.6 Å². The van der Waals surface area contributed by atoms with E-state index in [1.165, 1.54) is 6.07 Å². The Morgan fingerprint density at radius 2 is 2.25 bits per heavy atom. The molecule has 0 radical (unpaired) electrons. The number of aromatic hydroxyl groups is 1. The van der Waals surface area contributed by atoms with Crippen LogP contribution < -0.4 is 5.32 Å². The van der Waals surface area contributed by atoms with Gasteiger partial charge in [0.15, 0.2) is 0 Å². The van der Waals surface area contributed by atoms with Crippen LogP contribution in [0.3, 0.4) is 0 Å². The maximum atomic E-state index is 11.6. The van der Waals surface area contributed by atoms with Crippen molar-refractivity contribution < 1.29 is 15.0 Å². The molecule has 1 aromatic carbocycles. The zero-order valence-corrected chi connectivity index (χ0v) is 10.5. The Bertz CT molecular complexity index is 381. The zero-order chi connectivity index (χ0) is 12.1. The Labute approximate surface area is 102 Å². The lowest BCUT2D eigenvalue weighted by Crippen LogP contribution is -2.29. The standard InChI is InChI=1S/C11H14BrNO3/c1-7(6-14)5-13-11(16)9-3-2-8(12)4-10(9)15/h2-4,7,14-15H,5-6H2,1H3,(H,13,16). The Hall–Kier alpha value is -1.07. The molecule has 0 aromatic heterocycles. The highest BCUT2D eigenvalue weighted by Crippen LogP contribution is 2.22. The van der Waals surface area contributed by atoms with Crippen LogP contribution in [0.2, 0.25) is 0 Å². The number of phenolic OH excluding ortho intramolecular Hbond substituents is 1. The smallest absolute Gasteiger partial charge is 0.255 e. The summed E-state index contributed by atoms with van der Waals surface area (Å²) < 4.78 is 0.713. The summed E-state index contributed by atoms with van der Waals surface area (Å²) in [6, 6.07) is 4.69. The summed E-state index contributed by atoms with van der Waals surface area (Å²) in [5, 5.41) is 21.0. The third kappa shape index (κ3) is 3.50. The molecule has 0 fully saturated rings. The number of amides is 1. The monoisotopic (exact) mass is 287 g/mol. The van der Waals surface area contributed by atoms with Gasteiger partial charge in [0.25, 0.3) is 5.91 Å². The highest BCUT2D eigenvalue weighted by atomic mass is 79.9. The van der Waals surface area contributed by atoms with Crippen LogP contribution >= 0.6 is 15.9 Å². The lowest BCUT2D eigenvalue weighted by molar-refractivity contribution is 0.0939. The maximum Gasteiger partial charge on any atom is 0.255 e. The van der Waals surface area contributed by atoms with E-state index in [4.69, 9.17) is 5.11 Å². The molecule has 0 spiro atoms. The number of carbonyl (C=O) groups excluding carboxylic acids is 1. The van der Waals surface area contributed by atoms with Crippen LogP contribution in [0.25, 0.3) is 0 Å². The predicted molar refractivity (Wildman–Crippen MR) is 64.4 cm³/mol. The SMILES string of the molecule is CC(CO)CNC(=O)c1ccc(Br)cc1O. The molecule has 0 saturated carbocycles. The molecule has 1 atom stereocenters. The second-order valence-corrected chi connectivity index (χ2v) is 4.57. The van der Waals surface area contributed by atoms with Gasteiger partial charge in [-0.2, -0.15) is 0 Å². The highest BCUT2D eigenvalue weighted by Gasteiger charge is 2.11. The van der Waals surface area contributed by atoms with E-state index in [1.807, 2.05) is 6.92 Å². The van der Waals surface area contributed by atoms with Crippen molar-refractivity contribution in [3.63, 3.8) is 0 Å². The Morgan fingerprint density at radius 3 is 2.81 bits per heavy atom. The van der Waals surface area contributed by atoms with Crippen LogP contribution in [0.5, 0.6) is 5.75 Å². The van der Waals surface area contributed by atoms with Gasteiger partial charge in [-0.05, 0) is 24.1 Å². The third-order valence-electron chi connectivity index (χ3n) is 2.13. The first-order valence-electron chi connectivity index (χ1n) is 4.92. The number of phenols is 1. The number of rotatable bonds is 4. The molecule has 5 heteroatoms. The van der Waals surface area contributed by atoms with E-state index in [1.54, 1.807) is 12.1 Å². The second-order valence-electron chi connectivity index (χ2n) is 3.66. The molecule has 16 heavy (non-hydrogen) atoms. The molecule has 0 bridgehead atoms. The van der Waals surface area contributed by atoms with E-state index < -0.39 is 0 Å². The van der Waals surface area contributed by atoms with E-state index in [-0.39, 0.29) is 29.7 Å². The van der Waals surface area contributed by atoms with Crippen molar-refractivity contribution >= 4 is 21.8 Å². The highest BCUT2D eigenvalue weighted by molar-refractivity contribution is 9.10. The van der Waals surface area contributed by atoms with Gasteiger partial charge < -0.3 is 15.5 Å². The van der Waals surface area contributed by atoms with Gasteiger partial charge in [0.2, 0.25) is 0 Å². The molecule has 0 aliphatic rings. The minimum Gasteiger partial charge on any atom is -0.507 e. The molecule has 1 aromatic rings. The molecule has 0 heterocycles. The summed E-state index contributed by atoms with van der Waals surface area (Å²) in [6.45, 7) is 2.22. The zero-order valence-electron chi connectivity index (χ0n) is 8.90. The Balaban J connectivity index is 2.66.